The molecule has 0 radical (unpaired) electrons. The third-order valence-corrected chi connectivity index (χ3v) is 7.62. The molecule has 10 nitrogen and oxygen atoms in total. The van der Waals surface area contributed by atoms with Crippen molar-refractivity contribution in [3.8, 4) is 11.5 Å². The Labute approximate surface area is 198 Å². The highest BCUT2D eigenvalue weighted by Gasteiger charge is 2.33. The van der Waals surface area contributed by atoms with Gasteiger partial charge in [0.05, 0.1) is 12.0 Å². The molecule has 4 rings (SSSR count). The van der Waals surface area contributed by atoms with E-state index in [1.165, 1.54) is 10.6 Å². The first-order chi connectivity index (χ1) is 16.1. The molecule has 0 bridgehead atoms. The van der Waals surface area contributed by atoms with Crippen LogP contribution in [-0.2, 0) is 21.2 Å². The van der Waals surface area contributed by atoms with Crippen LogP contribution >= 0.6 is 0 Å². The van der Waals surface area contributed by atoms with Gasteiger partial charge in [0, 0.05) is 44.7 Å². The lowest BCUT2D eigenvalue weighted by molar-refractivity contribution is -0.123. The number of hydrogen-bond acceptors (Lipinski definition) is 7. The highest BCUT2D eigenvalue weighted by molar-refractivity contribution is 7.89. The van der Waals surface area contributed by atoms with E-state index in [4.69, 9.17) is 13.9 Å². The van der Waals surface area contributed by atoms with Crippen molar-refractivity contribution >= 4 is 21.8 Å². The van der Waals surface area contributed by atoms with Gasteiger partial charge < -0.3 is 24.1 Å². The third-order valence-electron chi connectivity index (χ3n) is 5.75. The van der Waals surface area contributed by atoms with E-state index in [0.717, 1.165) is 12.0 Å². The summed E-state index contributed by atoms with van der Waals surface area (Å²) < 4.78 is 43.3. The summed E-state index contributed by atoms with van der Waals surface area (Å²) in [7, 11) is -3.57. The number of carbonyl (C=O) groups excluding carboxylic acids is 2. The van der Waals surface area contributed by atoms with Gasteiger partial charge in [-0.05, 0) is 32.0 Å². The van der Waals surface area contributed by atoms with Crippen molar-refractivity contribution in [1.82, 2.24) is 14.5 Å². The van der Waals surface area contributed by atoms with Gasteiger partial charge in [-0.3, -0.25) is 9.59 Å². The van der Waals surface area contributed by atoms with Crippen LogP contribution in [0.3, 0.4) is 0 Å². The SMILES string of the molecule is CC1(C)Cc2cccc(OCC(=O)NCCS(=O)(=O)N3CCN(C(=O)c4ccco4)CC3)c2O1. The van der Waals surface area contributed by atoms with Gasteiger partial charge >= 0.3 is 0 Å². The van der Waals surface area contributed by atoms with Crippen LogP contribution in [0.1, 0.15) is 30.0 Å². The Morgan fingerprint density at radius 2 is 1.88 bits per heavy atom. The van der Waals surface area contributed by atoms with E-state index in [1.54, 1.807) is 23.1 Å². The van der Waals surface area contributed by atoms with Crippen LogP contribution in [0.25, 0.3) is 0 Å². The van der Waals surface area contributed by atoms with Crippen LogP contribution in [0, 0.1) is 0 Å². The lowest BCUT2D eigenvalue weighted by Crippen LogP contribution is -2.51. The largest absolute Gasteiger partial charge is 0.483 e. The van der Waals surface area contributed by atoms with Crippen molar-refractivity contribution in [2.24, 2.45) is 0 Å². The minimum Gasteiger partial charge on any atom is -0.483 e. The van der Waals surface area contributed by atoms with Gasteiger partial charge in [-0.15, -0.1) is 0 Å². The number of nitrogens with one attached hydrogen (secondary N) is 1. The molecule has 2 aliphatic heterocycles. The number of amides is 2. The average Bonchev–Trinajstić information content (AvgIpc) is 3.44. The second kappa shape index (κ2) is 9.67. The van der Waals surface area contributed by atoms with E-state index in [2.05, 4.69) is 5.32 Å². The summed E-state index contributed by atoms with van der Waals surface area (Å²) in [5.41, 5.74) is 0.704. The Balaban J connectivity index is 1.20. The molecule has 34 heavy (non-hydrogen) atoms. The van der Waals surface area contributed by atoms with E-state index in [9.17, 15) is 18.0 Å². The molecule has 0 aliphatic carbocycles. The van der Waals surface area contributed by atoms with Crippen molar-refractivity contribution in [3.63, 3.8) is 0 Å². The number of para-hydroxylation sites is 1. The van der Waals surface area contributed by atoms with Gasteiger partial charge in [0.1, 0.15) is 5.60 Å². The molecular formula is C23H29N3O7S. The monoisotopic (exact) mass is 491 g/mol. The summed E-state index contributed by atoms with van der Waals surface area (Å²) >= 11 is 0. The predicted octanol–water partition coefficient (Wildman–Crippen LogP) is 1.28. The number of carbonyl (C=O) groups is 2. The maximum absolute atomic E-state index is 12.6. The van der Waals surface area contributed by atoms with Gasteiger partial charge in [0.25, 0.3) is 11.8 Å². The van der Waals surface area contributed by atoms with Gasteiger partial charge in [0.2, 0.25) is 10.0 Å². The van der Waals surface area contributed by atoms with Gasteiger partial charge in [-0.2, -0.15) is 4.31 Å². The quantitative estimate of drug-likeness (QED) is 0.591. The first kappa shape index (κ1) is 24.1. The second-order valence-electron chi connectivity index (χ2n) is 8.91. The topological polar surface area (TPSA) is 118 Å². The van der Waals surface area contributed by atoms with E-state index < -0.39 is 15.9 Å². The lowest BCUT2D eigenvalue weighted by atomic mass is 10.0. The minimum atomic E-state index is -3.57. The van der Waals surface area contributed by atoms with Crippen LogP contribution in [0.2, 0.25) is 0 Å². The van der Waals surface area contributed by atoms with E-state index in [1.807, 2.05) is 26.0 Å². The van der Waals surface area contributed by atoms with Gasteiger partial charge in [0.15, 0.2) is 23.9 Å². The zero-order valence-corrected chi connectivity index (χ0v) is 20.1. The number of ether oxygens (including phenoxy) is 2. The molecule has 1 aromatic carbocycles. The third kappa shape index (κ3) is 5.53. The molecule has 0 atom stereocenters. The summed E-state index contributed by atoms with van der Waals surface area (Å²) in [5.74, 6) is 0.465. The average molecular weight is 492 g/mol. The number of piperazine rings is 1. The molecule has 0 spiro atoms. The highest BCUT2D eigenvalue weighted by Crippen LogP contribution is 2.41. The maximum Gasteiger partial charge on any atom is 0.289 e. The second-order valence-corrected chi connectivity index (χ2v) is 11.0. The summed E-state index contributed by atoms with van der Waals surface area (Å²) in [6.45, 7) is 4.64. The van der Waals surface area contributed by atoms with Crippen molar-refractivity contribution in [3.05, 3.63) is 47.9 Å². The van der Waals surface area contributed by atoms with E-state index >= 15 is 0 Å². The number of fused-ring (bicyclic) bond motifs is 1. The smallest absolute Gasteiger partial charge is 0.289 e. The number of furan rings is 1. The zero-order valence-electron chi connectivity index (χ0n) is 19.3. The van der Waals surface area contributed by atoms with Crippen molar-refractivity contribution < 1.29 is 31.9 Å². The summed E-state index contributed by atoms with van der Waals surface area (Å²) in [5, 5.41) is 2.59. The molecular weight excluding hydrogens is 462 g/mol. The molecule has 1 N–H and O–H groups in total. The molecule has 0 saturated carbocycles. The van der Waals surface area contributed by atoms with Crippen LogP contribution in [0.4, 0.5) is 0 Å². The number of rotatable bonds is 8. The first-order valence-corrected chi connectivity index (χ1v) is 12.8. The van der Waals surface area contributed by atoms with Crippen molar-refractivity contribution in [1.29, 1.82) is 0 Å². The highest BCUT2D eigenvalue weighted by atomic mass is 32.2. The fraction of sp³-hybridized carbons (Fsp3) is 0.478. The van der Waals surface area contributed by atoms with Crippen molar-refractivity contribution in [2.45, 2.75) is 25.9 Å². The molecule has 0 unspecified atom stereocenters. The number of sulfonamides is 1. The van der Waals surface area contributed by atoms with Crippen molar-refractivity contribution in [2.75, 3.05) is 45.1 Å². The fourth-order valence-corrected chi connectivity index (χ4v) is 5.41. The maximum atomic E-state index is 12.6. The number of hydrogen-bond donors (Lipinski definition) is 1. The first-order valence-electron chi connectivity index (χ1n) is 11.2. The van der Waals surface area contributed by atoms with E-state index in [-0.39, 0.29) is 62.4 Å². The molecule has 184 valence electrons. The Morgan fingerprint density at radius 3 is 2.59 bits per heavy atom. The molecule has 11 heteroatoms. The lowest BCUT2D eigenvalue weighted by Gasteiger charge is -2.33. The molecule has 2 aliphatic rings. The number of nitrogens with zero attached hydrogens (tertiary/aromatic N) is 2. The summed E-state index contributed by atoms with van der Waals surface area (Å²) in [6.07, 6.45) is 2.18. The van der Waals surface area contributed by atoms with Crippen LogP contribution in [-0.4, -0.2) is 80.1 Å². The van der Waals surface area contributed by atoms with Crippen LogP contribution in [0.5, 0.6) is 11.5 Å². The zero-order chi connectivity index (χ0) is 24.3. The molecule has 2 aromatic rings. The van der Waals surface area contributed by atoms with E-state index in [0.29, 0.717) is 11.5 Å². The Kier molecular flexibility index (Phi) is 6.85. The molecule has 2 amide bonds. The normalized spacial score (nSPS) is 17.6. The fourth-order valence-electron chi connectivity index (χ4n) is 4.07. The van der Waals surface area contributed by atoms with Gasteiger partial charge in [-0.25, -0.2) is 8.42 Å². The standard InChI is InChI=1S/C23H29N3O7S/c1-23(2)15-17-5-3-6-18(21(17)33-23)32-16-20(27)24-8-14-34(29,30)26-11-9-25(10-12-26)22(28)19-7-4-13-31-19/h3-7,13H,8-12,14-16H2,1-2H3,(H,24,27). The Morgan fingerprint density at radius 1 is 1.12 bits per heavy atom. The summed E-state index contributed by atoms with van der Waals surface area (Å²) in [4.78, 5) is 26.1. The minimum absolute atomic E-state index is 0.0352. The summed E-state index contributed by atoms with van der Waals surface area (Å²) in [6, 6.07) is 8.78. The number of benzene rings is 1. The predicted molar refractivity (Wildman–Crippen MR) is 123 cm³/mol. The Bertz CT molecular complexity index is 1140. The molecule has 1 saturated heterocycles. The van der Waals surface area contributed by atoms with Gasteiger partial charge in [-0.1, -0.05) is 12.1 Å². The van der Waals surface area contributed by atoms with Crippen LogP contribution < -0.4 is 14.8 Å². The molecule has 1 fully saturated rings. The Hall–Kier alpha value is -3.05. The molecule has 1 aromatic heterocycles. The molecule has 3 heterocycles. The van der Waals surface area contributed by atoms with Crippen LogP contribution in [0.15, 0.2) is 41.0 Å².